The van der Waals surface area contributed by atoms with E-state index in [0.717, 1.165) is 38.9 Å². The van der Waals surface area contributed by atoms with Gasteiger partial charge >= 0.3 is 0 Å². The van der Waals surface area contributed by atoms with Crippen molar-refractivity contribution in [2.75, 3.05) is 0 Å². The van der Waals surface area contributed by atoms with Crippen molar-refractivity contribution in [1.29, 1.82) is 0 Å². The number of nitrogens with zero attached hydrogens (tertiary/aromatic N) is 1. The standard InChI is InChI=1S/C29H27NO2/c1-20-10-12-24-13-16-26(30-28(24)18-20)15-11-22-6-5-8-25(19-22)29(32)17-14-23-7-3-4-9-27(23)21(2)31/h3-13,15-16,18-19,29,32H,14,17H2,1-2H3/b15-11+. The summed E-state index contributed by atoms with van der Waals surface area (Å²) in [5.74, 6) is 0.0553. The predicted molar refractivity (Wildman–Crippen MR) is 132 cm³/mol. The highest BCUT2D eigenvalue weighted by atomic mass is 16.3. The van der Waals surface area contributed by atoms with E-state index >= 15 is 0 Å². The van der Waals surface area contributed by atoms with E-state index in [1.807, 2.05) is 66.7 Å². The maximum Gasteiger partial charge on any atom is 0.160 e. The molecule has 0 aliphatic heterocycles. The first-order valence-electron chi connectivity index (χ1n) is 10.9. The molecular formula is C29H27NO2. The first-order valence-corrected chi connectivity index (χ1v) is 10.9. The van der Waals surface area contributed by atoms with Gasteiger partial charge in [-0.2, -0.15) is 0 Å². The van der Waals surface area contributed by atoms with Crippen LogP contribution in [0.25, 0.3) is 23.1 Å². The summed E-state index contributed by atoms with van der Waals surface area (Å²) < 4.78 is 0. The van der Waals surface area contributed by atoms with Gasteiger partial charge in [-0.15, -0.1) is 0 Å². The zero-order valence-electron chi connectivity index (χ0n) is 18.5. The molecule has 1 N–H and O–H groups in total. The van der Waals surface area contributed by atoms with Crippen molar-refractivity contribution in [1.82, 2.24) is 4.98 Å². The number of ketones is 1. The normalized spacial score (nSPS) is 12.3. The average molecular weight is 422 g/mol. The molecule has 0 spiro atoms. The van der Waals surface area contributed by atoms with E-state index in [1.165, 1.54) is 5.56 Å². The minimum Gasteiger partial charge on any atom is -0.388 e. The minimum absolute atomic E-state index is 0.0553. The Labute approximate surface area is 189 Å². The molecule has 0 bridgehead atoms. The summed E-state index contributed by atoms with van der Waals surface area (Å²) >= 11 is 0. The molecule has 4 aromatic rings. The van der Waals surface area contributed by atoms with E-state index < -0.39 is 6.10 Å². The number of aliphatic hydroxyl groups excluding tert-OH is 1. The number of carbonyl (C=O) groups is 1. The Morgan fingerprint density at radius 1 is 0.969 bits per heavy atom. The van der Waals surface area contributed by atoms with Gasteiger partial charge in [0.15, 0.2) is 5.78 Å². The summed E-state index contributed by atoms with van der Waals surface area (Å²) in [6.45, 7) is 3.65. The molecule has 4 rings (SSSR count). The van der Waals surface area contributed by atoms with Crippen LogP contribution in [0.1, 0.15) is 57.8 Å². The molecule has 1 unspecified atom stereocenters. The second kappa shape index (κ2) is 9.71. The summed E-state index contributed by atoms with van der Waals surface area (Å²) in [4.78, 5) is 16.6. The Morgan fingerprint density at radius 2 is 1.78 bits per heavy atom. The first-order chi connectivity index (χ1) is 15.5. The van der Waals surface area contributed by atoms with Gasteiger partial charge in [0.1, 0.15) is 0 Å². The van der Waals surface area contributed by atoms with E-state index in [2.05, 4.69) is 31.2 Å². The van der Waals surface area contributed by atoms with Crippen LogP contribution in [0.3, 0.4) is 0 Å². The smallest absolute Gasteiger partial charge is 0.160 e. The zero-order valence-corrected chi connectivity index (χ0v) is 18.5. The maximum absolute atomic E-state index is 11.8. The van der Waals surface area contributed by atoms with Crippen LogP contribution in [0.5, 0.6) is 0 Å². The largest absolute Gasteiger partial charge is 0.388 e. The second-order valence-electron chi connectivity index (χ2n) is 8.20. The van der Waals surface area contributed by atoms with Crippen molar-refractivity contribution < 1.29 is 9.90 Å². The van der Waals surface area contributed by atoms with E-state index in [4.69, 9.17) is 4.98 Å². The summed E-state index contributed by atoms with van der Waals surface area (Å²) in [5, 5.41) is 11.9. The number of Topliss-reactive ketones (excluding diaryl/α,β-unsaturated/α-hetero) is 1. The molecule has 0 saturated carbocycles. The van der Waals surface area contributed by atoms with Crippen LogP contribution in [-0.4, -0.2) is 15.9 Å². The van der Waals surface area contributed by atoms with E-state index in [9.17, 15) is 9.90 Å². The lowest BCUT2D eigenvalue weighted by Crippen LogP contribution is -2.04. The van der Waals surface area contributed by atoms with Crippen LogP contribution in [0.4, 0.5) is 0 Å². The Hall–Kier alpha value is -3.56. The minimum atomic E-state index is -0.592. The van der Waals surface area contributed by atoms with Gasteiger partial charge in [-0.3, -0.25) is 4.79 Å². The van der Waals surface area contributed by atoms with Gasteiger partial charge in [0.05, 0.1) is 17.3 Å². The van der Waals surface area contributed by atoms with Crippen molar-refractivity contribution in [3.8, 4) is 0 Å². The molecule has 0 radical (unpaired) electrons. The van der Waals surface area contributed by atoms with Gasteiger partial charge in [-0.1, -0.05) is 66.7 Å². The first kappa shape index (κ1) is 21.7. The lowest BCUT2D eigenvalue weighted by Gasteiger charge is -2.13. The SMILES string of the molecule is CC(=O)c1ccccc1CCC(O)c1cccc(/C=C/c2ccc3ccc(C)cc3n2)c1. The van der Waals surface area contributed by atoms with Gasteiger partial charge in [0.25, 0.3) is 0 Å². The van der Waals surface area contributed by atoms with Gasteiger partial charge in [-0.25, -0.2) is 4.98 Å². The van der Waals surface area contributed by atoms with Crippen molar-refractivity contribution in [2.24, 2.45) is 0 Å². The van der Waals surface area contributed by atoms with Crippen molar-refractivity contribution in [3.05, 3.63) is 112 Å². The summed E-state index contributed by atoms with van der Waals surface area (Å²) in [6.07, 6.45) is 4.63. The van der Waals surface area contributed by atoms with Gasteiger partial charge in [0.2, 0.25) is 0 Å². The van der Waals surface area contributed by atoms with Crippen LogP contribution in [0, 0.1) is 6.92 Å². The highest BCUT2D eigenvalue weighted by Gasteiger charge is 2.11. The molecular weight excluding hydrogens is 394 g/mol. The third-order valence-corrected chi connectivity index (χ3v) is 5.69. The Kier molecular flexibility index (Phi) is 6.58. The number of aryl methyl sites for hydroxylation is 2. The number of hydrogen-bond donors (Lipinski definition) is 1. The fourth-order valence-electron chi connectivity index (χ4n) is 3.93. The molecule has 1 aromatic heterocycles. The average Bonchev–Trinajstić information content (AvgIpc) is 2.81. The van der Waals surface area contributed by atoms with Crippen LogP contribution in [0.2, 0.25) is 0 Å². The van der Waals surface area contributed by atoms with Crippen molar-refractivity contribution in [3.63, 3.8) is 0 Å². The van der Waals surface area contributed by atoms with E-state index in [0.29, 0.717) is 12.8 Å². The van der Waals surface area contributed by atoms with Crippen molar-refractivity contribution >= 4 is 28.8 Å². The predicted octanol–water partition coefficient (Wildman–Crippen LogP) is 6.58. The third kappa shape index (κ3) is 5.19. The molecule has 160 valence electrons. The lowest BCUT2D eigenvalue weighted by atomic mass is 9.96. The Balaban J connectivity index is 1.47. The van der Waals surface area contributed by atoms with Crippen LogP contribution >= 0.6 is 0 Å². The molecule has 0 saturated heterocycles. The number of carbonyl (C=O) groups excluding carboxylic acids is 1. The molecule has 3 nitrogen and oxygen atoms in total. The molecule has 32 heavy (non-hydrogen) atoms. The summed E-state index contributed by atoms with van der Waals surface area (Å²) in [5.41, 5.74) is 6.67. The molecule has 1 heterocycles. The molecule has 0 aliphatic carbocycles. The maximum atomic E-state index is 11.8. The Bertz CT molecular complexity index is 1290. The number of aromatic nitrogens is 1. The van der Waals surface area contributed by atoms with Crippen molar-refractivity contribution in [2.45, 2.75) is 32.8 Å². The summed E-state index contributed by atoms with van der Waals surface area (Å²) in [7, 11) is 0. The monoisotopic (exact) mass is 421 g/mol. The number of aliphatic hydroxyl groups is 1. The molecule has 3 heteroatoms. The molecule has 0 aliphatic rings. The topological polar surface area (TPSA) is 50.2 Å². The third-order valence-electron chi connectivity index (χ3n) is 5.69. The zero-order chi connectivity index (χ0) is 22.5. The summed E-state index contributed by atoms with van der Waals surface area (Å²) in [6, 6.07) is 25.9. The number of rotatable bonds is 7. The molecule has 3 aromatic carbocycles. The van der Waals surface area contributed by atoms with E-state index in [-0.39, 0.29) is 5.78 Å². The highest BCUT2D eigenvalue weighted by Crippen LogP contribution is 2.23. The number of hydrogen-bond acceptors (Lipinski definition) is 3. The molecule has 0 fully saturated rings. The van der Waals surface area contributed by atoms with Gasteiger partial charge in [-0.05, 0) is 73.2 Å². The number of benzene rings is 3. The second-order valence-corrected chi connectivity index (χ2v) is 8.20. The van der Waals surface area contributed by atoms with Crippen LogP contribution in [0.15, 0.2) is 78.9 Å². The molecule has 0 amide bonds. The fourth-order valence-corrected chi connectivity index (χ4v) is 3.93. The fraction of sp³-hybridized carbons (Fsp3) is 0.172. The molecule has 1 atom stereocenters. The van der Waals surface area contributed by atoms with Crippen LogP contribution in [-0.2, 0) is 6.42 Å². The lowest BCUT2D eigenvalue weighted by molar-refractivity contribution is 0.101. The number of pyridine rings is 1. The quantitative estimate of drug-likeness (QED) is 0.343. The van der Waals surface area contributed by atoms with E-state index in [1.54, 1.807) is 6.92 Å². The Morgan fingerprint density at radius 3 is 2.62 bits per heavy atom. The number of fused-ring (bicyclic) bond motifs is 1. The van der Waals surface area contributed by atoms with Crippen LogP contribution < -0.4 is 0 Å². The highest BCUT2D eigenvalue weighted by molar-refractivity contribution is 5.95. The van der Waals surface area contributed by atoms with Gasteiger partial charge in [0, 0.05) is 10.9 Å². The van der Waals surface area contributed by atoms with Gasteiger partial charge < -0.3 is 5.11 Å².